The molecule has 2 heterocycles. The lowest BCUT2D eigenvalue weighted by molar-refractivity contribution is -0.383. The number of likely N-dealkylation sites (tertiary alicyclic amines) is 1. The fourth-order valence-corrected chi connectivity index (χ4v) is 3.08. The van der Waals surface area contributed by atoms with Crippen molar-refractivity contribution in [3.63, 3.8) is 0 Å². The van der Waals surface area contributed by atoms with Gasteiger partial charge in [-0.05, 0) is 26.8 Å². The van der Waals surface area contributed by atoms with Crippen molar-refractivity contribution in [2.75, 3.05) is 25.4 Å². The molecule has 1 aromatic carbocycles. The van der Waals surface area contributed by atoms with Crippen molar-refractivity contribution < 1.29 is 24.0 Å². The lowest BCUT2D eigenvalue weighted by atomic mass is 10.0. The van der Waals surface area contributed by atoms with Crippen LogP contribution >= 0.6 is 0 Å². The second-order valence-corrected chi connectivity index (χ2v) is 7.69. The van der Waals surface area contributed by atoms with Crippen LogP contribution in [0.15, 0.2) is 12.1 Å². The maximum Gasteiger partial charge on any atom is 0.410 e. The van der Waals surface area contributed by atoms with Gasteiger partial charge in [-0.2, -0.15) is 0 Å². The Morgan fingerprint density at radius 1 is 1.26 bits per heavy atom. The van der Waals surface area contributed by atoms with Crippen molar-refractivity contribution in [3.8, 4) is 0 Å². The lowest BCUT2D eigenvalue weighted by Crippen LogP contribution is -2.55. The van der Waals surface area contributed by atoms with Gasteiger partial charge in [-0.3, -0.25) is 24.6 Å². The Labute approximate surface area is 155 Å². The lowest BCUT2D eigenvalue weighted by Gasteiger charge is -2.40. The molecule has 3 amide bonds. The van der Waals surface area contributed by atoms with Crippen LogP contribution in [0.1, 0.15) is 41.5 Å². The number of carbonyl (C=O) groups excluding carboxylic acids is 3. The number of nitro benzene ring substituents is 1. The number of hydrogen-bond acceptors (Lipinski definition) is 7. The summed E-state index contributed by atoms with van der Waals surface area (Å²) in [5.41, 5.74) is 4.47. The van der Waals surface area contributed by atoms with E-state index in [1.165, 1.54) is 11.0 Å². The van der Waals surface area contributed by atoms with Crippen LogP contribution in [0.4, 0.5) is 16.2 Å². The van der Waals surface area contributed by atoms with E-state index < -0.39 is 34.1 Å². The van der Waals surface area contributed by atoms with Crippen LogP contribution in [0.5, 0.6) is 0 Å². The molecule has 3 rings (SSSR count). The predicted octanol–water partition coefficient (Wildman–Crippen LogP) is 1.64. The molecule has 0 aliphatic carbocycles. The van der Waals surface area contributed by atoms with Crippen LogP contribution in [0, 0.1) is 16.0 Å². The molecule has 1 fully saturated rings. The third-order valence-corrected chi connectivity index (χ3v) is 4.36. The van der Waals surface area contributed by atoms with Crippen LogP contribution < -0.4 is 5.73 Å². The number of ether oxygens (including phenoxy) is 1. The molecule has 10 nitrogen and oxygen atoms in total. The average Bonchev–Trinajstić information content (AvgIpc) is 2.71. The molecule has 0 radical (unpaired) electrons. The standard InChI is InChI=1S/C17H20N4O6/c1-17(2,3)27-16(24)19-6-9(7-19)8-20-14(22)10-4-12(18)13(21(25)26)5-11(10)15(20)23/h4-5,9H,6-8,18H2,1-3H3. The predicted molar refractivity (Wildman–Crippen MR) is 94.2 cm³/mol. The van der Waals surface area contributed by atoms with Gasteiger partial charge in [-0.25, -0.2) is 4.79 Å². The van der Waals surface area contributed by atoms with Crippen molar-refractivity contribution in [1.29, 1.82) is 0 Å². The van der Waals surface area contributed by atoms with Crippen molar-refractivity contribution in [1.82, 2.24) is 9.80 Å². The maximum absolute atomic E-state index is 12.5. The number of nitrogen functional groups attached to an aromatic ring is 1. The smallest absolute Gasteiger partial charge is 0.410 e. The molecule has 0 spiro atoms. The monoisotopic (exact) mass is 376 g/mol. The van der Waals surface area contributed by atoms with Crippen molar-refractivity contribution in [3.05, 3.63) is 33.4 Å². The summed E-state index contributed by atoms with van der Waals surface area (Å²) in [7, 11) is 0. The van der Waals surface area contributed by atoms with Gasteiger partial charge in [0.25, 0.3) is 17.5 Å². The summed E-state index contributed by atoms with van der Waals surface area (Å²) < 4.78 is 5.26. The molecule has 0 bridgehead atoms. The molecule has 0 unspecified atom stereocenters. The molecular formula is C17H20N4O6. The summed E-state index contributed by atoms with van der Waals surface area (Å²) in [4.78, 5) is 49.8. The Hall–Kier alpha value is -3.17. The van der Waals surface area contributed by atoms with Gasteiger partial charge >= 0.3 is 6.09 Å². The van der Waals surface area contributed by atoms with Gasteiger partial charge in [0, 0.05) is 31.6 Å². The minimum absolute atomic E-state index is 0.0239. The first-order valence-electron chi connectivity index (χ1n) is 8.40. The molecule has 1 aromatic rings. The van der Waals surface area contributed by atoms with Gasteiger partial charge < -0.3 is 15.4 Å². The number of fused-ring (bicyclic) bond motifs is 1. The second-order valence-electron chi connectivity index (χ2n) is 7.69. The van der Waals surface area contributed by atoms with E-state index in [1.54, 1.807) is 20.8 Å². The van der Waals surface area contributed by atoms with E-state index in [-0.39, 0.29) is 29.3 Å². The molecule has 2 N–H and O–H groups in total. The van der Waals surface area contributed by atoms with Crippen molar-refractivity contribution in [2.45, 2.75) is 26.4 Å². The summed E-state index contributed by atoms with van der Waals surface area (Å²) in [5.74, 6) is -1.20. The van der Waals surface area contributed by atoms with Gasteiger partial charge in [0.1, 0.15) is 11.3 Å². The average molecular weight is 376 g/mol. The number of nitrogens with two attached hydrogens (primary N) is 1. The molecule has 1 saturated heterocycles. The topological polar surface area (TPSA) is 136 Å². The molecular weight excluding hydrogens is 356 g/mol. The maximum atomic E-state index is 12.5. The number of hydrogen-bond donors (Lipinski definition) is 1. The zero-order valence-electron chi connectivity index (χ0n) is 15.2. The zero-order valence-corrected chi connectivity index (χ0v) is 15.2. The van der Waals surface area contributed by atoms with Gasteiger partial charge in [-0.1, -0.05) is 0 Å². The summed E-state index contributed by atoms with van der Waals surface area (Å²) in [5, 5.41) is 11.0. The minimum atomic E-state index is -0.694. The highest BCUT2D eigenvalue weighted by molar-refractivity contribution is 6.22. The molecule has 2 aliphatic heterocycles. The number of nitro groups is 1. The molecule has 0 atom stereocenters. The summed E-state index contributed by atoms with van der Waals surface area (Å²) in [6, 6.07) is 2.21. The second kappa shape index (κ2) is 6.22. The Kier molecular flexibility index (Phi) is 4.29. The highest BCUT2D eigenvalue weighted by Crippen LogP contribution is 2.32. The van der Waals surface area contributed by atoms with Gasteiger partial charge in [0.2, 0.25) is 0 Å². The summed E-state index contributed by atoms with van der Waals surface area (Å²) >= 11 is 0. The number of benzene rings is 1. The van der Waals surface area contributed by atoms with Gasteiger partial charge in [-0.15, -0.1) is 0 Å². The third-order valence-electron chi connectivity index (χ3n) is 4.36. The Morgan fingerprint density at radius 2 is 1.81 bits per heavy atom. The third kappa shape index (κ3) is 3.42. The van der Waals surface area contributed by atoms with Crippen LogP contribution in [0.2, 0.25) is 0 Å². The number of carbonyl (C=O) groups is 3. The van der Waals surface area contributed by atoms with E-state index in [0.717, 1.165) is 11.0 Å². The fourth-order valence-electron chi connectivity index (χ4n) is 3.08. The molecule has 0 aromatic heterocycles. The van der Waals surface area contributed by atoms with E-state index in [1.807, 2.05) is 0 Å². The van der Waals surface area contributed by atoms with Crippen LogP contribution in [-0.2, 0) is 4.74 Å². The Morgan fingerprint density at radius 3 is 2.33 bits per heavy atom. The summed E-state index contributed by atoms with van der Waals surface area (Å²) in [6.07, 6.45) is -0.440. The normalized spacial score (nSPS) is 17.0. The number of nitrogens with zero attached hydrogens (tertiary/aromatic N) is 3. The van der Waals surface area contributed by atoms with E-state index >= 15 is 0 Å². The van der Waals surface area contributed by atoms with Gasteiger partial charge in [0.05, 0.1) is 16.1 Å². The van der Waals surface area contributed by atoms with Crippen LogP contribution in [0.25, 0.3) is 0 Å². The van der Waals surface area contributed by atoms with Crippen LogP contribution in [-0.4, -0.2) is 57.9 Å². The molecule has 27 heavy (non-hydrogen) atoms. The number of anilines is 1. The molecule has 10 heteroatoms. The highest BCUT2D eigenvalue weighted by atomic mass is 16.6. The van der Waals surface area contributed by atoms with E-state index in [2.05, 4.69) is 0 Å². The Bertz CT molecular complexity index is 854. The van der Waals surface area contributed by atoms with Gasteiger partial charge in [0.15, 0.2) is 0 Å². The van der Waals surface area contributed by atoms with E-state index in [9.17, 15) is 24.5 Å². The molecule has 2 aliphatic rings. The summed E-state index contributed by atoms with van der Waals surface area (Å²) in [6.45, 7) is 6.16. The quantitative estimate of drug-likeness (QED) is 0.366. The van der Waals surface area contributed by atoms with Crippen molar-refractivity contribution in [2.24, 2.45) is 5.92 Å². The Balaban J connectivity index is 1.66. The molecule has 0 saturated carbocycles. The number of rotatable bonds is 3. The minimum Gasteiger partial charge on any atom is -0.444 e. The van der Waals surface area contributed by atoms with Crippen molar-refractivity contribution >= 4 is 29.3 Å². The van der Waals surface area contributed by atoms with Crippen LogP contribution in [0.3, 0.4) is 0 Å². The highest BCUT2D eigenvalue weighted by Gasteiger charge is 2.42. The van der Waals surface area contributed by atoms with E-state index in [0.29, 0.717) is 13.1 Å². The zero-order chi connectivity index (χ0) is 20.1. The van der Waals surface area contributed by atoms with E-state index in [4.69, 9.17) is 10.5 Å². The first-order valence-corrected chi connectivity index (χ1v) is 8.40. The number of imide groups is 1. The first-order chi connectivity index (χ1) is 12.5. The SMILES string of the molecule is CC(C)(C)OC(=O)N1CC(CN2C(=O)c3cc(N)c([N+](=O)[O-])cc3C2=O)C1. The number of amides is 3. The fraction of sp³-hybridized carbons (Fsp3) is 0.471. The molecule has 144 valence electrons. The largest absolute Gasteiger partial charge is 0.444 e. The first kappa shape index (κ1) is 18.6.